The van der Waals surface area contributed by atoms with Crippen molar-refractivity contribution in [3.05, 3.63) is 53.5 Å². The fourth-order valence-corrected chi connectivity index (χ4v) is 2.27. The number of nitriles is 1. The molecule has 2 heterocycles. The third-order valence-corrected chi connectivity index (χ3v) is 3.19. The number of para-hydroxylation sites is 2. The molecule has 0 atom stereocenters. The van der Waals surface area contributed by atoms with Gasteiger partial charge < -0.3 is 0 Å². The molecule has 4 nitrogen and oxygen atoms in total. The van der Waals surface area contributed by atoms with Crippen LogP contribution < -0.4 is 0 Å². The van der Waals surface area contributed by atoms with E-state index < -0.39 is 0 Å². The smallest absolute Gasteiger partial charge is 0.156 e. The predicted molar refractivity (Wildman–Crippen MR) is 73.1 cm³/mol. The number of aromatic nitrogens is 3. The average molecular weight is 248 g/mol. The van der Waals surface area contributed by atoms with Crippen molar-refractivity contribution in [2.24, 2.45) is 0 Å². The number of imidazole rings is 1. The van der Waals surface area contributed by atoms with Crippen molar-refractivity contribution < 1.29 is 0 Å². The van der Waals surface area contributed by atoms with Gasteiger partial charge in [-0.2, -0.15) is 5.26 Å². The Hall–Kier alpha value is -2.67. The molecule has 0 fully saturated rings. The van der Waals surface area contributed by atoms with Crippen LogP contribution in [0.4, 0.5) is 0 Å². The summed E-state index contributed by atoms with van der Waals surface area (Å²) < 4.78 is 1.93. The lowest BCUT2D eigenvalue weighted by Crippen LogP contribution is -2.04. The summed E-state index contributed by atoms with van der Waals surface area (Å²) in [5, 5.41) is 9.34. The Morgan fingerprint density at radius 3 is 2.74 bits per heavy atom. The fraction of sp³-hybridized carbons (Fsp3) is 0.133. The molecule has 19 heavy (non-hydrogen) atoms. The number of hydrogen-bond donors (Lipinski definition) is 0. The molecule has 3 rings (SSSR count). The summed E-state index contributed by atoms with van der Waals surface area (Å²) in [5.41, 5.74) is 3.39. The van der Waals surface area contributed by atoms with E-state index in [9.17, 15) is 5.26 Å². The summed E-state index contributed by atoms with van der Waals surface area (Å²) in [6, 6.07) is 11.9. The lowest BCUT2D eigenvalue weighted by molar-refractivity contribution is 0.947. The number of rotatable bonds is 1. The van der Waals surface area contributed by atoms with E-state index in [1.54, 1.807) is 6.20 Å². The van der Waals surface area contributed by atoms with Crippen molar-refractivity contribution in [1.29, 1.82) is 5.26 Å². The van der Waals surface area contributed by atoms with E-state index in [-0.39, 0.29) is 0 Å². The maximum Gasteiger partial charge on any atom is 0.156 e. The van der Waals surface area contributed by atoms with E-state index in [1.165, 1.54) is 0 Å². The highest BCUT2D eigenvalue weighted by molar-refractivity contribution is 5.78. The van der Waals surface area contributed by atoms with Gasteiger partial charge in [-0.15, -0.1) is 0 Å². The van der Waals surface area contributed by atoms with Crippen molar-refractivity contribution in [2.45, 2.75) is 13.8 Å². The first-order valence-electron chi connectivity index (χ1n) is 6.02. The second kappa shape index (κ2) is 4.21. The third-order valence-electron chi connectivity index (χ3n) is 3.19. The number of nitrogens with zero attached hydrogens (tertiary/aromatic N) is 4. The number of hydrogen-bond acceptors (Lipinski definition) is 3. The summed E-state index contributed by atoms with van der Waals surface area (Å²) in [7, 11) is 0. The highest BCUT2D eigenvalue weighted by atomic mass is 15.1. The Labute approximate surface area is 111 Å². The second-order valence-corrected chi connectivity index (χ2v) is 4.42. The van der Waals surface area contributed by atoms with Crippen molar-refractivity contribution in [1.82, 2.24) is 14.5 Å². The van der Waals surface area contributed by atoms with Crippen LogP contribution in [0.3, 0.4) is 0 Å². The zero-order chi connectivity index (χ0) is 13.4. The molecule has 0 aliphatic carbocycles. The maximum atomic E-state index is 9.34. The Balaban J connectivity index is 2.41. The van der Waals surface area contributed by atoms with E-state index >= 15 is 0 Å². The molecule has 0 unspecified atom stereocenters. The van der Waals surface area contributed by atoms with Gasteiger partial charge in [0.05, 0.1) is 16.6 Å². The van der Waals surface area contributed by atoms with Gasteiger partial charge in [-0.3, -0.25) is 4.57 Å². The standard InChI is InChI=1S/C15H12N4/c1-10-7-8-17-15(12(10)9-16)19-11(2)18-13-5-3-4-6-14(13)19/h3-8H,1-2H3. The zero-order valence-corrected chi connectivity index (χ0v) is 10.8. The summed E-state index contributed by atoms with van der Waals surface area (Å²) >= 11 is 0. The fourth-order valence-electron chi connectivity index (χ4n) is 2.27. The molecule has 0 aliphatic heterocycles. The van der Waals surface area contributed by atoms with Gasteiger partial charge in [0, 0.05) is 6.20 Å². The molecule has 1 aromatic carbocycles. The van der Waals surface area contributed by atoms with Gasteiger partial charge in [0.1, 0.15) is 11.9 Å². The lowest BCUT2D eigenvalue weighted by atomic mass is 10.1. The molecule has 0 aliphatic rings. The minimum Gasteiger partial charge on any atom is -0.279 e. The lowest BCUT2D eigenvalue weighted by Gasteiger charge is -2.09. The second-order valence-electron chi connectivity index (χ2n) is 4.42. The van der Waals surface area contributed by atoms with E-state index in [1.807, 2.05) is 48.7 Å². The normalized spacial score (nSPS) is 10.6. The molecule has 0 spiro atoms. The predicted octanol–water partition coefficient (Wildman–Crippen LogP) is 2.91. The number of aryl methyl sites for hydroxylation is 2. The van der Waals surface area contributed by atoms with Crippen LogP contribution in [0.5, 0.6) is 0 Å². The monoisotopic (exact) mass is 248 g/mol. The molecule has 0 saturated heterocycles. The van der Waals surface area contributed by atoms with Gasteiger partial charge in [-0.05, 0) is 37.6 Å². The molecule has 0 N–H and O–H groups in total. The Morgan fingerprint density at radius 2 is 1.95 bits per heavy atom. The highest BCUT2D eigenvalue weighted by Gasteiger charge is 2.14. The first kappa shape index (κ1) is 11.4. The molecule has 0 radical (unpaired) electrons. The molecule has 0 bridgehead atoms. The zero-order valence-electron chi connectivity index (χ0n) is 10.8. The molecule has 0 saturated carbocycles. The van der Waals surface area contributed by atoms with Crippen molar-refractivity contribution in [2.75, 3.05) is 0 Å². The molecule has 2 aromatic heterocycles. The van der Waals surface area contributed by atoms with Gasteiger partial charge >= 0.3 is 0 Å². The van der Waals surface area contributed by atoms with E-state index in [4.69, 9.17) is 0 Å². The van der Waals surface area contributed by atoms with Crippen molar-refractivity contribution in [3.8, 4) is 11.9 Å². The van der Waals surface area contributed by atoms with Crippen LogP contribution in [0, 0.1) is 25.2 Å². The van der Waals surface area contributed by atoms with E-state index in [0.29, 0.717) is 11.4 Å². The number of fused-ring (bicyclic) bond motifs is 1. The van der Waals surface area contributed by atoms with E-state index in [0.717, 1.165) is 22.4 Å². The molecule has 3 aromatic rings. The Kier molecular flexibility index (Phi) is 2.53. The summed E-state index contributed by atoms with van der Waals surface area (Å²) in [6.07, 6.45) is 1.72. The average Bonchev–Trinajstić information content (AvgIpc) is 2.74. The maximum absolute atomic E-state index is 9.34. The van der Waals surface area contributed by atoms with Crippen LogP contribution in [-0.2, 0) is 0 Å². The minimum atomic E-state index is 0.591. The van der Waals surface area contributed by atoms with Crippen LogP contribution in [0.15, 0.2) is 36.5 Å². The Morgan fingerprint density at radius 1 is 1.16 bits per heavy atom. The molecule has 92 valence electrons. The Bertz CT molecular complexity index is 809. The van der Waals surface area contributed by atoms with Gasteiger partial charge in [0.15, 0.2) is 5.82 Å². The molecule has 0 amide bonds. The van der Waals surface area contributed by atoms with Crippen LogP contribution >= 0.6 is 0 Å². The van der Waals surface area contributed by atoms with Gasteiger partial charge in [-0.1, -0.05) is 12.1 Å². The van der Waals surface area contributed by atoms with Crippen LogP contribution in [0.25, 0.3) is 16.9 Å². The molecular formula is C15H12N4. The van der Waals surface area contributed by atoms with Gasteiger partial charge in [0.25, 0.3) is 0 Å². The number of benzene rings is 1. The topological polar surface area (TPSA) is 54.5 Å². The van der Waals surface area contributed by atoms with Crippen LogP contribution in [0.2, 0.25) is 0 Å². The minimum absolute atomic E-state index is 0.591. The van der Waals surface area contributed by atoms with Crippen LogP contribution in [0.1, 0.15) is 17.0 Å². The number of pyridine rings is 1. The summed E-state index contributed by atoms with van der Waals surface area (Å²) in [5.74, 6) is 1.48. The summed E-state index contributed by atoms with van der Waals surface area (Å²) in [4.78, 5) is 8.87. The van der Waals surface area contributed by atoms with Crippen LogP contribution in [-0.4, -0.2) is 14.5 Å². The van der Waals surface area contributed by atoms with E-state index in [2.05, 4.69) is 16.0 Å². The van der Waals surface area contributed by atoms with Crippen molar-refractivity contribution in [3.63, 3.8) is 0 Å². The SMILES string of the molecule is Cc1ccnc(-n2c(C)nc3ccccc32)c1C#N. The quantitative estimate of drug-likeness (QED) is 0.665. The van der Waals surface area contributed by atoms with Gasteiger partial charge in [0.2, 0.25) is 0 Å². The first-order chi connectivity index (χ1) is 9.22. The summed E-state index contributed by atoms with van der Waals surface area (Å²) in [6.45, 7) is 3.84. The van der Waals surface area contributed by atoms with Crippen molar-refractivity contribution >= 4 is 11.0 Å². The highest BCUT2D eigenvalue weighted by Crippen LogP contribution is 2.23. The van der Waals surface area contributed by atoms with Gasteiger partial charge in [-0.25, -0.2) is 9.97 Å². The third kappa shape index (κ3) is 1.67. The first-order valence-corrected chi connectivity index (χ1v) is 6.02. The molecular weight excluding hydrogens is 236 g/mol. The molecule has 4 heteroatoms. The largest absolute Gasteiger partial charge is 0.279 e.